The lowest BCUT2D eigenvalue weighted by molar-refractivity contribution is 0.102. The van der Waals surface area contributed by atoms with Gasteiger partial charge >= 0.3 is 0 Å². The monoisotopic (exact) mass is 353 g/mol. The number of carbonyl (C=O) groups is 1. The minimum absolute atomic E-state index is 0.0267. The summed E-state index contributed by atoms with van der Waals surface area (Å²) in [5.74, 6) is 3.07. The third-order valence-corrected chi connectivity index (χ3v) is 5.99. The summed E-state index contributed by atoms with van der Waals surface area (Å²) in [7, 11) is 0. The first-order chi connectivity index (χ1) is 12.2. The zero-order valence-corrected chi connectivity index (χ0v) is 15.5. The lowest BCUT2D eigenvalue weighted by atomic mass is 9.85. The van der Waals surface area contributed by atoms with Crippen LogP contribution in [0.2, 0.25) is 0 Å². The number of anilines is 1. The van der Waals surface area contributed by atoms with Crippen LogP contribution in [0, 0.1) is 0 Å². The van der Waals surface area contributed by atoms with E-state index in [1.54, 1.807) is 0 Å². The molecule has 2 aliphatic rings. The Balaban J connectivity index is 1.94. The van der Waals surface area contributed by atoms with E-state index in [2.05, 4.69) is 31.3 Å². The van der Waals surface area contributed by atoms with Gasteiger partial charge in [-0.2, -0.15) is 11.8 Å². The molecule has 0 bridgehead atoms. The number of Topliss-reactive ketones (excluding diaryl/α,β-unsaturated/α-hetero) is 1. The van der Waals surface area contributed by atoms with Gasteiger partial charge in [-0.15, -0.1) is 0 Å². The molecule has 2 aromatic rings. The molecule has 1 N–H and O–H groups in total. The number of hydrogen-bond donors (Lipinski definition) is 1. The first kappa shape index (κ1) is 16.5. The molecule has 1 unspecified atom stereocenters. The molecule has 0 radical (unpaired) electrons. The van der Waals surface area contributed by atoms with E-state index in [9.17, 15) is 4.79 Å². The zero-order valence-electron chi connectivity index (χ0n) is 14.7. The van der Waals surface area contributed by atoms with Gasteiger partial charge in [0, 0.05) is 11.3 Å². The van der Waals surface area contributed by atoms with Crippen molar-refractivity contribution in [2.45, 2.75) is 32.7 Å². The van der Waals surface area contributed by atoms with Crippen LogP contribution in [0.1, 0.15) is 37.0 Å². The van der Waals surface area contributed by atoms with Crippen LogP contribution in [0.5, 0.6) is 5.75 Å². The van der Waals surface area contributed by atoms with Crippen LogP contribution in [-0.4, -0.2) is 29.9 Å². The lowest BCUT2D eigenvalue weighted by Gasteiger charge is -2.30. The van der Waals surface area contributed by atoms with Crippen LogP contribution in [0.15, 0.2) is 41.5 Å². The minimum Gasteiger partial charge on any atom is -0.491 e. The molecule has 25 heavy (non-hydrogen) atoms. The summed E-state index contributed by atoms with van der Waals surface area (Å²) in [6.45, 7) is 4.83. The second-order valence-electron chi connectivity index (χ2n) is 6.71. The summed E-state index contributed by atoms with van der Waals surface area (Å²) in [6, 6.07) is 10.2. The Hall–Kier alpha value is -1.94. The van der Waals surface area contributed by atoms with Gasteiger partial charge in [0.2, 0.25) is 0 Å². The first-order valence-electron chi connectivity index (χ1n) is 9.00. The second kappa shape index (κ2) is 6.75. The molecule has 0 amide bonds. The number of hydrogen-bond acceptors (Lipinski definition) is 4. The molecule has 1 saturated heterocycles. The summed E-state index contributed by atoms with van der Waals surface area (Å²) >= 11 is 1.92. The van der Waals surface area contributed by atoms with E-state index < -0.39 is 0 Å². The van der Waals surface area contributed by atoms with Crippen molar-refractivity contribution in [3.8, 4) is 5.75 Å². The number of carbonyl (C=O) groups excluding carboxylic acids is 1. The number of nitrogens with one attached hydrogen (secondary N) is 1. The average molecular weight is 353 g/mol. The van der Waals surface area contributed by atoms with Crippen molar-refractivity contribution < 1.29 is 9.53 Å². The molecular formula is C21H23NO2S. The third kappa shape index (κ3) is 2.82. The van der Waals surface area contributed by atoms with E-state index in [0.29, 0.717) is 6.61 Å². The number of ether oxygens (including phenoxy) is 1. The Labute approximate surface area is 152 Å². The number of rotatable bonds is 3. The Morgan fingerprint density at radius 2 is 2.16 bits per heavy atom. The van der Waals surface area contributed by atoms with Crippen molar-refractivity contribution in [1.82, 2.24) is 0 Å². The Kier molecular flexibility index (Phi) is 4.46. The first-order valence-corrected chi connectivity index (χ1v) is 10.2. The molecule has 4 heteroatoms. The summed E-state index contributed by atoms with van der Waals surface area (Å²) < 4.78 is 5.98. The maximum Gasteiger partial charge on any atom is 0.193 e. The maximum atomic E-state index is 13.5. The molecule has 130 valence electrons. The van der Waals surface area contributed by atoms with Crippen molar-refractivity contribution in [3.05, 3.63) is 47.0 Å². The summed E-state index contributed by atoms with van der Waals surface area (Å²) in [5, 5.41) is 5.64. The van der Waals surface area contributed by atoms with E-state index in [4.69, 9.17) is 4.74 Å². The van der Waals surface area contributed by atoms with Crippen LogP contribution in [0.4, 0.5) is 5.69 Å². The fourth-order valence-corrected chi connectivity index (χ4v) is 4.87. The highest BCUT2D eigenvalue weighted by Gasteiger charge is 2.34. The number of benzene rings is 2. The molecular weight excluding hydrogens is 330 g/mol. The van der Waals surface area contributed by atoms with Crippen molar-refractivity contribution in [1.29, 1.82) is 0 Å². The molecule has 0 spiro atoms. The third-order valence-electron chi connectivity index (χ3n) is 4.95. The zero-order chi connectivity index (χ0) is 17.4. The number of ketones is 1. The van der Waals surface area contributed by atoms with Gasteiger partial charge in [0.15, 0.2) is 5.78 Å². The number of fused-ring (bicyclic) bond motifs is 3. The van der Waals surface area contributed by atoms with Gasteiger partial charge < -0.3 is 10.1 Å². The predicted octanol–water partition coefficient (Wildman–Crippen LogP) is 5.06. The topological polar surface area (TPSA) is 38.3 Å². The molecule has 0 saturated carbocycles. The highest BCUT2D eigenvalue weighted by atomic mass is 32.2. The quantitative estimate of drug-likeness (QED) is 0.783. The highest BCUT2D eigenvalue weighted by molar-refractivity contribution is 7.99. The molecule has 4 rings (SSSR count). The number of thioether (sulfide) groups is 1. The molecule has 2 aliphatic heterocycles. The Morgan fingerprint density at radius 3 is 2.92 bits per heavy atom. The van der Waals surface area contributed by atoms with Gasteiger partial charge in [-0.1, -0.05) is 36.8 Å². The van der Waals surface area contributed by atoms with Gasteiger partial charge in [0.05, 0.1) is 23.9 Å². The van der Waals surface area contributed by atoms with Gasteiger partial charge in [0.25, 0.3) is 0 Å². The van der Waals surface area contributed by atoms with E-state index in [0.717, 1.165) is 57.7 Å². The van der Waals surface area contributed by atoms with Crippen LogP contribution in [0.25, 0.3) is 10.8 Å². The van der Waals surface area contributed by atoms with E-state index in [1.165, 1.54) is 5.57 Å². The van der Waals surface area contributed by atoms with Crippen LogP contribution in [0.3, 0.4) is 0 Å². The van der Waals surface area contributed by atoms with Crippen molar-refractivity contribution >= 4 is 34.0 Å². The van der Waals surface area contributed by atoms with Gasteiger partial charge in [0.1, 0.15) is 5.75 Å². The SMILES string of the molecule is CCCOc1cc2ccccc2c2c1NC(C)/C(=C1\CCSC1)C2=O. The highest BCUT2D eigenvalue weighted by Crippen LogP contribution is 2.43. The van der Waals surface area contributed by atoms with E-state index >= 15 is 0 Å². The second-order valence-corrected chi connectivity index (χ2v) is 7.81. The van der Waals surface area contributed by atoms with Crippen LogP contribution < -0.4 is 10.1 Å². The molecule has 0 aromatic heterocycles. The van der Waals surface area contributed by atoms with E-state index in [1.807, 2.05) is 30.0 Å². The van der Waals surface area contributed by atoms with Crippen LogP contribution in [-0.2, 0) is 0 Å². The normalized spacial score (nSPS) is 22.8. The standard InChI is InChI=1S/C21H23NO2S/c1-3-9-24-17-11-14-6-4-5-7-16(14)19-20(17)22-13(2)18(21(19)23)15-8-10-25-12-15/h4-7,11,13,22H,3,8-10,12H2,1-2H3/b18-15-. The van der Waals surface area contributed by atoms with Gasteiger partial charge in [-0.3, -0.25) is 4.79 Å². The van der Waals surface area contributed by atoms with Gasteiger partial charge in [-0.25, -0.2) is 0 Å². The average Bonchev–Trinajstić information content (AvgIpc) is 3.13. The molecule has 3 nitrogen and oxygen atoms in total. The summed E-state index contributed by atoms with van der Waals surface area (Å²) in [4.78, 5) is 13.5. The Bertz CT molecular complexity index is 864. The molecule has 1 atom stereocenters. The molecule has 0 aliphatic carbocycles. The van der Waals surface area contributed by atoms with Crippen molar-refractivity contribution in [3.63, 3.8) is 0 Å². The smallest absolute Gasteiger partial charge is 0.193 e. The fourth-order valence-electron chi connectivity index (χ4n) is 3.79. The van der Waals surface area contributed by atoms with E-state index in [-0.39, 0.29) is 11.8 Å². The largest absolute Gasteiger partial charge is 0.491 e. The van der Waals surface area contributed by atoms with Gasteiger partial charge in [-0.05, 0) is 42.4 Å². The summed E-state index contributed by atoms with van der Waals surface area (Å²) in [5.41, 5.74) is 3.92. The molecule has 2 heterocycles. The summed E-state index contributed by atoms with van der Waals surface area (Å²) in [6.07, 6.45) is 1.97. The Morgan fingerprint density at radius 1 is 1.32 bits per heavy atom. The van der Waals surface area contributed by atoms with Crippen molar-refractivity contribution in [2.75, 3.05) is 23.4 Å². The van der Waals surface area contributed by atoms with Crippen LogP contribution >= 0.6 is 11.8 Å². The molecule has 2 aromatic carbocycles. The predicted molar refractivity (Wildman–Crippen MR) is 106 cm³/mol. The maximum absolute atomic E-state index is 13.5. The fraction of sp³-hybridized carbons (Fsp3) is 0.381. The molecule has 1 fully saturated rings. The minimum atomic E-state index is 0.0267. The lowest BCUT2D eigenvalue weighted by Crippen LogP contribution is -2.32. The van der Waals surface area contributed by atoms with Crippen molar-refractivity contribution in [2.24, 2.45) is 0 Å².